The third-order valence-electron chi connectivity index (χ3n) is 7.39. The van der Waals surface area contributed by atoms with E-state index < -0.39 is 16.8 Å². The van der Waals surface area contributed by atoms with Crippen molar-refractivity contribution in [2.24, 2.45) is 5.92 Å². The quantitative estimate of drug-likeness (QED) is 0.339. The number of piperidine rings is 1. The van der Waals surface area contributed by atoms with Crippen LogP contribution in [0.1, 0.15) is 47.4 Å². The Kier molecular flexibility index (Phi) is 8.27. The van der Waals surface area contributed by atoms with Gasteiger partial charge in [-0.25, -0.2) is 4.79 Å². The van der Waals surface area contributed by atoms with Gasteiger partial charge in [-0.3, -0.25) is 14.9 Å². The number of nitro benzene ring substituents is 1. The van der Waals surface area contributed by atoms with Crippen LogP contribution < -0.4 is 15.1 Å². The molecule has 10 nitrogen and oxygen atoms in total. The molecular weight excluding hydrogens is 474 g/mol. The van der Waals surface area contributed by atoms with Crippen LogP contribution in [0.3, 0.4) is 0 Å². The van der Waals surface area contributed by atoms with Crippen molar-refractivity contribution < 1.29 is 19.2 Å². The summed E-state index contributed by atoms with van der Waals surface area (Å²) in [7, 11) is 1.31. The summed E-state index contributed by atoms with van der Waals surface area (Å²) in [6, 6.07) is 9.58. The highest BCUT2D eigenvalue weighted by atomic mass is 16.6. The lowest BCUT2D eigenvalue weighted by Crippen LogP contribution is -2.46. The monoisotopic (exact) mass is 509 g/mol. The molecule has 2 aliphatic heterocycles. The number of carbonyl (C=O) groups is 2. The molecule has 37 heavy (non-hydrogen) atoms. The highest BCUT2D eigenvalue weighted by Crippen LogP contribution is 2.33. The highest BCUT2D eigenvalue weighted by Gasteiger charge is 2.26. The maximum atomic E-state index is 13.7. The van der Waals surface area contributed by atoms with Crippen LogP contribution in [-0.2, 0) is 4.74 Å². The minimum absolute atomic E-state index is 0.140. The van der Waals surface area contributed by atoms with Crippen molar-refractivity contribution in [3.05, 3.63) is 57.6 Å². The third kappa shape index (κ3) is 6.02. The molecule has 0 radical (unpaired) electrons. The number of ether oxygens (including phenoxy) is 1. The number of hydrogen-bond acceptors (Lipinski definition) is 8. The smallest absolute Gasteiger partial charge is 0.337 e. The van der Waals surface area contributed by atoms with Crippen LogP contribution in [0.2, 0.25) is 0 Å². The molecule has 0 unspecified atom stereocenters. The Balaban J connectivity index is 1.68. The Hall–Kier alpha value is -3.66. The van der Waals surface area contributed by atoms with Crippen molar-refractivity contribution in [2.75, 3.05) is 68.0 Å². The fraction of sp³-hybridized carbons (Fsp3) is 0.481. The Morgan fingerprint density at radius 1 is 1.00 bits per heavy atom. The number of nitrogens with zero attached hydrogens (tertiary/aromatic N) is 4. The Labute approximate surface area is 217 Å². The van der Waals surface area contributed by atoms with Crippen molar-refractivity contribution >= 4 is 34.6 Å². The minimum Gasteiger partial charge on any atom is -0.465 e. The Morgan fingerprint density at radius 3 is 2.27 bits per heavy atom. The molecule has 0 saturated carbocycles. The molecule has 2 aromatic carbocycles. The minimum atomic E-state index is -0.503. The summed E-state index contributed by atoms with van der Waals surface area (Å²) in [5.41, 5.74) is 2.38. The fourth-order valence-electron chi connectivity index (χ4n) is 5.00. The van der Waals surface area contributed by atoms with Gasteiger partial charge >= 0.3 is 5.97 Å². The zero-order chi connectivity index (χ0) is 26.5. The first-order chi connectivity index (χ1) is 17.8. The van der Waals surface area contributed by atoms with E-state index in [9.17, 15) is 19.7 Å². The molecule has 0 bridgehead atoms. The van der Waals surface area contributed by atoms with Gasteiger partial charge in [-0.2, -0.15) is 0 Å². The molecule has 1 amide bonds. The van der Waals surface area contributed by atoms with E-state index in [0.29, 0.717) is 22.9 Å². The van der Waals surface area contributed by atoms with E-state index in [1.165, 1.54) is 19.2 Å². The van der Waals surface area contributed by atoms with Crippen LogP contribution in [0.4, 0.5) is 22.7 Å². The largest absolute Gasteiger partial charge is 0.465 e. The summed E-state index contributed by atoms with van der Waals surface area (Å²) in [5.74, 6) is -0.354. The Morgan fingerprint density at radius 2 is 1.65 bits per heavy atom. The molecule has 2 fully saturated rings. The number of carbonyl (C=O) groups excluding carboxylic acids is 2. The third-order valence-corrected chi connectivity index (χ3v) is 7.39. The van der Waals surface area contributed by atoms with Gasteiger partial charge < -0.3 is 24.8 Å². The number of non-ortho nitro benzene ring substituents is 1. The highest BCUT2D eigenvalue weighted by molar-refractivity contribution is 6.10. The number of nitro groups is 1. The van der Waals surface area contributed by atoms with Gasteiger partial charge in [-0.15, -0.1) is 0 Å². The van der Waals surface area contributed by atoms with Gasteiger partial charge in [0.15, 0.2) is 0 Å². The number of anilines is 3. The number of benzene rings is 2. The number of methoxy groups -OCH3 is 1. The number of amides is 1. The maximum absolute atomic E-state index is 13.7. The number of esters is 1. The van der Waals surface area contributed by atoms with Crippen molar-refractivity contribution in [3.63, 3.8) is 0 Å². The van der Waals surface area contributed by atoms with Gasteiger partial charge in [0.1, 0.15) is 0 Å². The van der Waals surface area contributed by atoms with Crippen LogP contribution in [0.5, 0.6) is 0 Å². The molecular formula is C27H35N5O5. The normalized spacial score (nSPS) is 16.9. The molecule has 2 saturated heterocycles. The zero-order valence-electron chi connectivity index (χ0n) is 21.7. The van der Waals surface area contributed by atoms with Gasteiger partial charge in [0.25, 0.3) is 11.6 Å². The maximum Gasteiger partial charge on any atom is 0.337 e. The molecule has 0 atom stereocenters. The molecule has 0 aromatic heterocycles. The van der Waals surface area contributed by atoms with E-state index in [2.05, 4.69) is 33.9 Å². The van der Waals surface area contributed by atoms with Crippen LogP contribution in [0.25, 0.3) is 0 Å². The number of hydrogen-bond donors (Lipinski definition) is 1. The first kappa shape index (κ1) is 26.4. The van der Waals surface area contributed by atoms with Gasteiger partial charge in [0, 0.05) is 51.4 Å². The average molecular weight is 510 g/mol. The summed E-state index contributed by atoms with van der Waals surface area (Å²) < 4.78 is 4.89. The predicted octanol–water partition coefficient (Wildman–Crippen LogP) is 4.01. The molecule has 1 N–H and O–H groups in total. The van der Waals surface area contributed by atoms with E-state index in [1.807, 2.05) is 6.07 Å². The van der Waals surface area contributed by atoms with Crippen LogP contribution in [-0.4, -0.2) is 74.6 Å². The molecule has 198 valence electrons. The van der Waals surface area contributed by atoms with Crippen LogP contribution >= 0.6 is 0 Å². The number of likely N-dealkylation sites (N-methyl/N-ethyl adjacent to an activating group) is 1. The van der Waals surface area contributed by atoms with Crippen molar-refractivity contribution in [2.45, 2.75) is 26.7 Å². The topological polar surface area (TPSA) is 108 Å². The molecule has 0 aliphatic carbocycles. The second-order valence-corrected chi connectivity index (χ2v) is 9.73. The lowest BCUT2D eigenvalue weighted by molar-refractivity contribution is -0.384. The standard InChI is InChI=1S/C27H35N5O5/c1-4-29-13-15-31(16-14-29)25-7-5-20(27(34)37-3)17-23(25)28-26(33)22-18-21(32(35)36)6-8-24(22)30-11-9-19(2)10-12-30/h5-8,17-19H,4,9-16H2,1-3H3,(H,28,33). The molecule has 4 rings (SSSR count). The van der Waals surface area contributed by atoms with Gasteiger partial charge in [0.05, 0.1) is 40.2 Å². The van der Waals surface area contributed by atoms with Gasteiger partial charge in [-0.1, -0.05) is 13.8 Å². The van der Waals surface area contributed by atoms with Crippen LogP contribution in [0, 0.1) is 16.0 Å². The molecule has 0 spiro atoms. The van der Waals surface area contributed by atoms with E-state index in [-0.39, 0.29) is 11.3 Å². The van der Waals surface area contributed by atoms with Gasteiger partial charge in [0.2, 0.25) is 0 Å². The van der Waals surface area contributed by atoms with Crippen molar-refractivity contribution in [1.82, 2.24) is 4.90 Å². The second kappa shape index (κ2) is 11.6. The van der Waals surface area contributed by atoms with E-state index >= 15 is 0 Å². The number of rotatable bonds is 7. The van der Waals surface area contributed by atoms with E-state index in [0.717, 1.165) is 64.3 Å². The second-order valence-electron chi connectivity index (χ2n) is 9.73. The summed E-state index contributed by atoms with van der Waals surface area (Å²) in [4.78, 5) is 43.7. The van der Waals surface area contributed by atoms with Crippen LogP contribution in [0.15, 0.2) is 36.4 Å². The lowest BCUT2D eigenvalue weighted by atomic mass is 9.97. The van der Waals surface area contributed by atoms with Crippen molar-refractivity contribution in [1.29, 1.82) is 0 Å². The first-order valence-electron chi connectivity index (χ1n) is 12.8. The fourth-order valence-corrected chi connectivity index (χ4v) is 5.00. The summed E-state index contributed by atoms with van der Waals surface area (Å²) in [6.45, 7) is 10.2. The summed E-state index contributed by atoms with van der Waals surface area (Å²) in [5, 5.41) is 14.5. The number of piperazine rings is 1. The molecule has 2 aromatic rings. The van der Waals surface area contributed by atoms with E-state index in [1.54, 1.807) is 18.2 Å². The molecule has 2 aliphatic rings. The SMILES string of the molecule is CCN1CCN(c2ccc(C(=O)OC)cc2NC(=O)c2cc([N+](=O)[O-])ccc2N2CCC(C)CC2)CC1. The first-order valence-corrected chi connectivity index (χ1v) is 12.8. The van der Waals surface area contributed by atoms with E-state index in [4.69, 9.17) is 4.74 Å². The zero-order valence-corrected chi connectivity index (χ0v) is 21.7. The predicted molar refractivity (Wildman–Crippen MR) is 144 cm³/mol. The lowest BCUT2D eigenvalue weighted by Gasteiger charge is -2.36. The average Bonchev–Trinajstić information content (AvgIpc) is 2.92. The molecule has 10 heteroatoms. The van der Waals surface area contributed by atoms with Gasteiger partial charge in [-0.05, 0) is 49.6 Å². The Bertz CT molecular complexity index is 1150. The van der Waals surface area contributed by atoms with Crippen molar-refractivity contribution in [3.8, 4) is 0 Å². The number of nitrogens with one attached hydrogen (secondary N) is 1. The summed E-state index contributed by atoms with van der Waals surface area (Å²) >= 11 is 0. The molecule has 2 heterocycles. The summed E-state index contributed by atoms with van der Waals surface area (Å²) in [6.07, 6.45) is 1.99.